The molecule has 3 N–H and O–H groups in total. The first-order valence-electron chi connectivity index (χ1n) is 11.7. The van der Waals surface area contributed by atoms with E-state index in [-0.39, 0.29) is 24.6 Å². The van der Waals surface area contributed by atoms with Gasteiger partial charge in [-0.05, 0) is 41.0 Å². The van der Waals surface area contributed by atoms with Gasteiger partial charge in [0.1, 0.15) is 30.3 Å². The number of guanidine groups is 1. The van der Waals surface area contributed by atoms with Gasteiger partial charge < -0.3 is 20.1 Å². The van der Waals surface area contributed by atoms with Crippen molar-refractivity contribution in [3.63, 3.8) is 0 Å². The molecule has 0 aromatic heterocycles. The minimum absolute atomic E-state index is 0.0232. The van der Waals surface area contributed by atoms with E-state index in [0.717, 1.165) is 11.1 Å². The number of amides is 1. The number of benzene rings is 3. The van der Waals surface area contributed by atoms with Crippen molar-refractivity contribution in [2.75, 3.05) is 25.0 Å². The first-order valence-corrected chi connectivity index (χ1v) is 13.1. The zero-order chi connectivity index (χ0) is 27.1. The Hall–Kier alpha value is -4.32. The summed E-state index contributed by atoms with van der Waals surface area (Å²) in [6.07, 6.45) is 0. The van der Waals surface area contributed by atoms with Crippen molar-refractivity contribution < 1.29 is 27.1 Å². The van der Waals surface area contributed by atoms with Gasteiger partial charge in [-0.1, -0.05) is 42.5 Å². The van der Waals surface area contributed by atoms with Crippen molar-refractivity contribution in [2.45, 2.75) is 19.7 Å². The van der Waals surface area contributed by atoms with Crippen molar-refractivity contribution in [3.05, 3.63) is 89.2 Å². The number of carbonyl (C=O) groups is 1. The van der Waals surface area contributed by atoms with E-state index < -0.39 is 28.5 Å². The van der Waals surface area contributed by atoms with Gasteiger partial charge in [0.05, 0.1) is 7.11 Å². The molecule has 0 bridgehead atoms. The predicted molar refractivity (Wildman–Crippen MR) is 142 cm³/mol. The van der Waals surface area contributed by atoms with E-state index in [1.165, 1.54) is 12.1 Å². The molecule has 3 aromatic carbocycles. The molecule has 1 saturated heterocycles. The molecule has 0 spiro atoms. The van der Waals surface area contributed by atoms with Crippen LogP contribution in [0.2, 0.25) is 0 Å². The largest absolute Gasteiger partial charge is 0.497 e. The Morgan fingerprint density at radius 3 is 2.32 bits per heavy atom. The van der Waals surface area contributed by atoms with Crippen LogP contribution in [-0.2, 0) is 34.7 Å². The maximum Gasteiger partial charge on any atom is 0.326 e. The Labute approximate surface area is 220 Å². The van der Waals surface area contributed by atoms with Crippen LogP contribution in [0, 0.1) is 5.82 Å². The number of anilines is 1. The summed E-state index contributed by atoms with van der Waals surface area (Å²) in [6, 6.07) is 19.6. The van der Waals surface area contributed by atoms with Crippen LogP contribution in [0.25, 0.3) is 0 Å². The fraction of sp³-hybridized carbons (Fsp3) is 0.231. The number of carbonyl (C=O) groups excluding carboxylic acids is 1. The third-order valence-electron chi connectivity index (χ3n) is 5.70. The van der Waals surface area contributed by atoms with Gasteiger partial charge >= 0.3 is 10.2 Å². The monoisotopic (exact) mass is 541 g/mol. The number of rotatable bonds is 9. The van der Waals surface area contributed by atoms with Gasteiger partial charge in [0.15, 0.2) is 11.8 Å². The van der Waals surface area contributed by atoms with Gasteiger partial charge in [-0.25, -0.2) is 13.4 Å². The number of halogens is 1. The van der Waals surface area contributed by atoms with Gasteiger partial charge in [-0.2, -0.15) is 8.42 Å². The van der Waals surface area contributed by atoms with Crippen LogP contribution in [0.4, 0.5) is 10.1 Å². The van der Waals surface area contributed by atoms with Crippen molar-refractivity contribution in [1.82, 2.24) is 15.4 Å². The van der Waals surface area contributed by atoms with Crippen molar-refractivity contribution in [3.8, 4) is 11.5 Å². The number of nitrogens with one attached hydrogen (secondary N) is 3. The molecule has 1 heterocycles. The van der Waals surface area contributed by atoms with Crippen LogP contribution >= 0.6 is 0 Å². The summed E-state index contributed by atoms with van der Waals surface area (Å²) in [5.74, 6) is -0.470. The molecule has 3 aromatic rings. The normalized spacial score (nSPS) is 14.7. The zero-order valence-corrected chi connectivity index (χ0v) is 21.7. The van der Waals surface area contributed by atoms with E-state index in [4.69, 9.17) is 9.47 Å². The number of ether oxygens (including phenoxy) is 2. The average Bonchev–Trinajstić information content (AvgIpc) is 3.19. The molecule has 12 heteroatoms. The molecule has 1 amide bonds. The van der Waals surface area contributed by atoms with Crippen LogP contribution in [0.15, 0.2) is 71.7 Å². The Kier molecular flexibility index (Phi) is 8.31. The lowest BCUT2D eigenvalue weighted by molar-refractivity contribution is -0.117. The van der Waals surface area contributed by atoms with Gasteiger partial charge in [0, 0.05) is 20.1 Å². The number of nitrogens with zero attached hydrogens (tertiary/aromatic N) is 2. The molecule has 10 nitrogen and oxygen atoms in total. The summed E-state index contributed by atoms with van der Waals surface area (Å²) < 4.78 is 53.9. The smallest absolute Gasteiger partial charge is 0.326 e. The molecule has 0 aliphatic carbocycles. The van der Waals surface area contributed by atoms with Crippen LogP contribution in [-0.4, -0.2) is 41.0 Å². The predicted octanol–water partition coefficient (Wildman–Crippen LogP) is 2.46. The maximum absolute atomic E-state index is 15.4. The van der Waals surface area contributed by atoms with E-state index >= 15 is 4.39 Å². The van der Waals surface area contributed by atoms with Gasteiger partial charge in [0.2, 0.25) is 0 Å². The zero-order valence-electron chi connectivity index (χ0n) is 20.9. The third kappa shape index (κ3) is 6.51. The summed E-state index contributed by atoms with van der Waals surface area (Å²) in [5, 5.41) is 6.30. The summed E-state index contributed by atoms with van der Waals surface area (Å²) >= 11 is 0. The molecule has 0 unspecified atom stereocenters. The minimum atomic E-state index is -4.25. The molecular formula is C26H28FN5O5S. The molecule has 0 atom stereocenters. The van der Waals surface area contributed by atoms with Crippen LogP contribution in [0.1, 0.15) is 16.7 Å². The molecule has 0 saturated carbocycles. The number of hydrogen-bond acceptors (Lipinski definition) is 6. The third-order valence-corrected chi connectivity index (χ3v) is 7.08. The van der Waals surface area contributed by atoms with E-state index in [9.17, 15) is 13.2 Å². The van der Waals surface area contributed by atoms with E-state index in [1.807, 2.05) is 35.1 Å². The van der Waals surface area contributed by atoms with Gasteiger partial charge in [-0.3, -0.25) is 9.79 Å². The van der Waals surface area contributed by atoms with E-state index in [2.05, 4.69) is 15.6 Å². The van der Waals surface area contributed by atoms with Crippen molar-refractivity contribution in [1.29, 1.82) is 0 Å². The van der Waals surface area contributed by atoms with E-state index in [0.29, 0.717) is 28.1 Å². The average molecular weight is 542 g/mol. The number of aliphatic imine (C=N–C) groups is 1. The summed E-state index contributed by atoms with van der Waals surface area (Å²) in [5.41, 5.74) is 1.96. The first-order chi connectivity index (χ1) is 18.3. The lowest BCUT2D eigenvalue weighted by atomic mass is 10.1. The highest BCUT2D eigenvalue weighted by molar-refractivity contribution is 7.92. The quantitative estimate of drug-likeness (QED) is 0.281. The lowest BCUT2D eigenvalue weighted by Gasteiger charge is -2.21. The topological polar surface area (TPSA) is 121 Å². The Balaban J connectivity index is 1.55. The summed E-state index contributed by atoms with van der Waals surface area (Å²) in [4.78, 5) is 16.0. The molecule has 1 aliphatic rings. The SMILES string of the molecule is CN=C(NCc1ccccc1)NCc1cc(F)c(N2CC(=O)NS2(=O)=O)c(OCc2ccc(OC)cc2)c1. The van der Waals surface area contributed by atoms with Crippen LogP contribution in [0.3, 0.4) is 0 Å². The van der Waals surface area contributed by atoms with E-state index in [1.54, 1.807) is 38.4 Å². The molecule has 1 fully saturated rings. The Morgan fingerprint density at radius 2 is 1.71 bits per heavy atom. The van der Waals surface area contributed by atoms with Gasteiger partial charge in [0.25, 0.3) is 5.91 Å². The van der Waals surface area contributed by atoms with Crippen LogP contribution < -0.4 is 29.1 Å². The highest BCUT2D eigenvalue weighted by atomic mass is 32.2. The first kappa shape index (κ1) is 26.7. The van der Waals surface area contributed by atoms with Gasteiger partial charge in [-0.15, -0.1) is 0 Å². The number of methoxy groups -OCH3 is 1. The maximum atomic E-state index is 15.4. The Bertz CT molecular complexity index is 1420. The summed E-state index contributed by atoms with van der Waals surface area (Å²) in [6.45, 7) is 0.195. The highest BCUT2D eigenvalue weighted by Crippen LogP contribution is 2.36. The van der Waals surface area contributed by atoms with Crippen LogP contribution in [0.5, 0.6) is 11.5 Å². The second-order valence-corrected chi connectivity index (χ2v) is 9.96. The second kappa shape index (κ2) is 11.8. The second-order valence-electron chi connectivity index (χ2n) is 8.36. The molecule has 4 rings (SSSR count). The molecule has 38 heavy (non-hydrogen) atoms. The molecule has 0 radical (unpaired) electrons. The Morgan fingerprint density at radius 1 is 1.03 bits per heavy atom. The highest BCUT2D eigenvalue weighted by Gasteiger charge is 2.37. The fourth-order valence-corrected chi connectivity index (χ4v) is 4.97. The standard InChI is InChI=1S/C26H28FN5O5S/c1-28-26(29-14-18-6-4-3-5-7-18)30-15-20-12-22(27)25(32-16-24(33)31-38(32,34)35)23(13-20)37-17-19-8-10-21(36-2)11-9-19/h3-13H,14-17H2,1-2H3,(H,31,33)(H2,28,29,30). The number of hydrogen-bond donors (Lipinski definition) is 3. The van der Waals surface area contributed by atoms with Crippen molar-refractivity contribution >= 4 is 27.8 Å². The molecule has 200 valence electrons. The fourth-order valence-electron chi connectivity index (χ4n) is 3.80. The minimum Gasteiger partial charge on any atom is -0.497 e. The molecular weight excluding hydrogens is 513 g/mol. The summed E-state index contributed by atoms with van der Waals surface area (Å²) in [7, 11) is -1.08. The van der Waals surface area contributed by atoms with Crippen molar-refractivity contribution in [2.24, 2.45) is 4.99 Å². The lowest BCUT2D eigenvalue weighted by Crippen LogP contribution is -2.36. The molecule has 1 aliphatic heterocycles.